The summed E-state index contributed by atoms with van der Waals surface area (Å²) in [6.07, 6.45) is 4.63. The summed E-state index contributed by atoms with van der Waals surface area (Å²) < 4.78 is 0. The van der Waals surface area contributed by atoms with Gasteiger partial charge < -0.3 is 5.43 Å². The van der Waals surface area contributed by atoms with E-state index < -0.39 is 0 Å². The van der Waals surface area contributed by atoms with Crippen LogP contribution in [-0.4, -0.2) is 11.6 Å². The van der Waals surface area contributed by atoms with Gasteiger partial charge in [-0.15, -0.1) is 5.53 Å². The van der Waals surface area contributed by atoms with Gasteiger partial charge in [0.05, 0.1) is 5.70 Å². The average Bonchev–Trinajstić information content (AvgIpc) is 2.87. The maximum atomic E-state index is 3.37. The van der Waals surface area contributed by atoms with Gasteiger partial charge in [-0.1, -0.05) is 69.2 Å². The van der Waals surface area contributed by atoms with Gasteiger partial charge in [-0.05, 0) is 30.1 Å². The van der Waals surface area contributed by atoms with Crippen LogP contribution in [0.25, 0.3) is 0 Å². The lowest BCUT2D eigenvalue weighted by Gasteiger charge is -2.38. The molecule has 3 heteroatoms. The van der Waals surface area contributed by atoms with Crippen molar-refractivity contribution in [1.82, 2.24) is 16.0 Å². The van der Waals surface area contributed by atoms with E-state index in [1.165, 1.54) is 18.5 Å². The summed E-state index contributed by atoms with van der Waals surface area (Å²) in [6, 6.07) is 0. The van der Waals surface area contributed by atoms with Crippen molar-refractivity contribution in [3.8, 4) is 0 Å². The Morgan fingerprint density at radius 2 is 1.59 bits per heavy atom. The zero-order valence-electron chi connectivity index (χ0n) is 16.8. The third-order valence-corrected chi connectivity index (χ3v) is 4.76. The minimum absolute atomic E-state index is 0.160. The first-order chi connectivity index (χ1) is 10.0. The molecule has 1 rings (SSSR count). The summed E-state index contributed by atoms with van der Waals surface area (Å²) in [7, 11) is 0. The monoisotopic (exact) mass is 311 g/mol. The van der Waals surface area contributed by atoms with Crippen LogP contribution in [0.4, 0.5) is 0 Å². The molecule has 0 saturated heterocycles. The topological polar surface area (TPSA) is 27.3 Å². The minimum atomic E-state index is 0.160. The Morgan fingerprint density at radius 1 is 1.05 bits per heavy atom. The second-order valence-electron chi connectivity index (χ2n) is 8.36. The first kappa shape index (κ1) is 21.3. The van der Waals surface area contributed by atoms with E-state index in [0.717, 1.165) is 12.5 Å². The van der Waals surface area contributed by atoms with Gasteiger partial charge >= 0.3 is 0 Å². The summed E-state index contributed by atoms with van der Waals surface area (Å²) in [4.78, 5) is 0. The van der Waals surface area contributed by atoms with Crippen LogP contribution in [0.15, 0.2) is 11.9 Å². The van der Waals surface area contributed by atoms with Crippen LogP contribution < -0.4 is 11.0 Å². The lowest BCUT2D eigenvalue weighted by atomic mass is 9.68. The highest BCUT2D eigenvalue weighted by atomic mass is 15.7. The molecule has 0 amide bonds. The lowest BCUT2D eigenvalue weighted by Crippen LogP contribution is -2.40. The van der Waals surface area contributed by atoms with E-state index in [9.17, 15) is 0 Å². The summed E-state index contributed by atoms with van der Waals surface area (Å²) in [5, 5.41) is 2.18. The van der Waals surface area contributed by atoms with Gasteiger partial charge in [-0.3, -0.25) is 5.01 Å². The standard InChI is InChI=1S/C17H35N3.C2H6/c1-13(2)9-10-20-11-15(18-19-20)17(7,8)12-16(5,6)14(3)4;1-2/h11,13-14,18-19H,9-10,12H2,1-8H3;1-2H3. The Morgan fingerprint density at radius 3 is 2.05 bits per heavy atom. The first-order valence-corrected chi connectivity index (χ1v) is 9.05. The SMILES string of the molecule is CC.CC(C)CCN1C=C(C(C)(C)CC(C)(C)C(C)C)NN1. The van der Waals surface area contributed by atoms with Crippen LogP contribution >= 0.6 is 0 Å². The minimum Gasteiger partial charge on any atom is -0.306 e. The molecule has 1 heterocycles. The lowest BCUT2D eigenvalue weighted by molar-refractivity contribution is 0.155. The molecule has 0 spiro atoms. The van der Waals surface area contributed by atoms with Crippen LogP contribution in [0.1, 0.15) is 82.1 Å². The molecule has 0 atom stereocenters. The van der Waals surface area contributed by atoms with Gasteiger partial charge in [0.25, 0.3) is 0 Å². The van der Waals surface area contributed by atoms with Gasteiger partial charge in [0.1, 0.15) is 0 Å². The number of hydrogen-bond acceptors (Lipinski definition) is 3. The Hall–Kier alpha value is -0.700. The molecule has 0 bridgehead atoms. The number of allylic oxidation sites excluding steroid dienone is 1. The van der Waals surface area contributed by atoms with Crippen molar-refractivity contribution in [2.75, 3.05) is 6.54 Å². The molecule has 0 aliphatic carbocycles. The molecule has 0 aromatic carbocycles. The van der Waals surface area contributed by atoms with Crippen LogP contribution in [0, 0.1) is 22.7 Å². The predicted molar refractivity (Wildman–Crippen MR) is 98.9 cm³/mol. The smallest absolute Gasteiger partial charge is 0.0509 e. The normalized spacial score (nSPS) is 15.6. The molecule has 0 radical (unpaired) electrons. The molecule has 0 fully saturated rings. The van der Waals surface area contributed by atoms with Crippen LogP contribution in [-0.2, 0) is 0 Å². The highest BCUT2D eigenvalue weighted by Crippen LogP contribution is 2.42. The highest BCUT2D eigenvalue weighted by Gasteiger charge is 2.35. The quantitative estimate of drug-likeness (QED) is 0.666. The number of hydrogen-bond donors (Lipinski definition) is 2. The molecule has 3 nitrogen and oxygen atoms in total. The van der Waals surface area contributed by atoms with E-state index >= 15 is 0 Å². The predicted octanol–water partition coefficient (Wildman–Crippen LogP) is 5.32. The van der Waals surface area contributed by atoms with Crippen molar-refractivity contribution in [1.29, 1.82) is 0 Å². The van der Waals surface area contributed by atoms with Crippen molar-refractivity contribution < 1.29 is 0 Å². The van der Waals surface area contributed by atoms with Crippen molar-refractivity contribution in [3.05, 3.63) is 11.9 Å². The Kier molecular flexibility index (Phi) is 8.53. The Bertz CT molecular complexity index is 341. The second kappa shape index (κ2) is 8.81. The summed E-state index contributed by atoms with van der Waals surface area (Å²) in [5.74, 6) is 1.43. The van der Waals surface area contributed by atoms with Crippen molar-refractivity contribution in [2.24, 2.45) is 22.7 Å². The molecule has 1 aliphatic rings. The zero-order valence-corrected chi connectivity index (χ0v) is 16.8. The molecule has 0 unspecified atom stereocenters. The summed E-state index contributed by atoms with van der Waals surface area (Å²) >= 11 is 0. The summed E-state index contributed by atoms with van der Waals surface area (Å²) in [6.45, 7) is 23.6. The molecule has 0 aromatic rings. The molecule has 0 aromatic heterocycles. The van der Waals surface area contributed by atoms with E-state index in [0.29, 0.717) is 11.3 Å². The van der Waals surface area contributed by atoms with E-state index in [1.807, 2.05) is 13.8 Å². The average molecular weight is 312 g/mol. The van der Waals surface area contributed by atoms with Crippen LogP contribution in [0.3, 0.4) is 0 Å². The fourth-order valence-electron chi connectivity index (χ4n) is 2.65. The van der Waals surface area contributed by atoms with E-state index in [1.54, 1.807) is 0 Å². The van der Waals surface area contributed by atoms with Crippen LogP contribution in [0.2, 0.25) is 0 Å². The molecule has 132 valence electrons. The molecule has 1 aliphatic heterocycles. The van der Waals surface area contributed by atoms with Gasteiger partial charge in [0.2, 0.25) is 0 Å². The van der Waals surface area contributed by atoms with Gasteiger partial charge in [-0.25, -0.2) is 0 Å². The van der Waals surface area contributed by atoms with E-state index in [2.05, 4.69) is 77.6 Å². The number of rotatable bonds is 7. The highest BCUT2D eigenvalue weighted by molar-refractivity contribution is 5.12. The van der Waals surface area contributed by atoms with Gasteiger partial charge in [0, 0.05) is 18.2 Å². The number of nitrogens with zero attached hydrogens (tertiary/aromatic N) is 1. The molecular formula is C19H41N3. The first-order valence-electron chi connectivity index (χ1n) is 9.05. The maximum Gasteiger partial charge on any atom is 0.0509 e. The molecule has 22 heavy (non-hydrogen) atoms. The molecular weight excluding hydrogens is 270 g/mol. The van der Waals surface area contributed by atoms with E-state index in [-0.39, 0.29) is 5.41 Å². The third-order valence-electron chi connectivity index (χ3n) is 4.76. The zero-order chi connectivity index (χ0) is 17.6. The van der Waals surface area contributed by atoms with E-state index in [4.69, 9.17) is 0 Å². The Labute approximate surface area is 139 Å². The fourth-order valence-corrected chi connectivity index (χ4v) is 2.65. The Balaban J connectivity index is 0.00000211. The van der Waals surface area contributed by atoms with Crippen LogP contribution in [0.5, 0.6) is 0 Å². The molecule has 0 saturated carbocycles. The second-order valence-corrected chi connectivity index (χ2v) is 8.36. The summed E-state index contributed by atoms with van der Waals surface area (Å²) in [5.41, 5.74) is 8.45. The number of hydrazine groups is 2. The van der Waals surface area contributed by atoms with Crippen molar-refractivity contribution >= 4 is 0 Å². The largest absolute Gasteiger partial charge is 0.306 e. The van der Waals surface area contributed by atoms with Crippen molar-refractivity contribution in [2.45, 2.75) is 82.1 Å². The maximum absolute atomic E-state index is 3.37. The third kappa shape index (κ3) is 6.60. The van der Waals surface area contributed by atoms with Crippen molar-refractivity contribution in [3.63, 3.8) is 0 Å². The number of nitrogens with one attached hydrogen (secondary N) is 2. The van der Waals surface area contributed by atoms with Gasteiger partial charge in [0.15, 0.2) is 0 Å². The molecule has 2 N–H and O–H groups in total. The fraction of sp³-hybridized carbons (Fsp3) is 0.895. The van der Waals surface area contributed by atoms with Gasteiger partial charge in [-0.2, -0.15) is 0 Å².